The van der Waals surface area contributed by atoms with Crippen molar-refractivity contribution < 1.29 is 28.4 Å². The third-order valence-electron chi connectivity index (χ3n) is 4.77. The van der Waals surface area contributed by atoms with Crippen molar-refractivity contribution in [3.63, 3.8) is 0 Å². The van der Waals surface area contributed by atoms with Crippen LogP contribution in [0.15, 0.2) is 48.5 Å². The number of rotatable bonds is 18. The summed E-state index contributed by atoms with van der Waals surface area (Å²) in [7, 11) is 0. The highest BCUT2D eigenvalue weighted by Gasteiger charge is 2.00. The summed E-state index contributed by atoms with van der Waals surface area (Å²) in [6.45, 7) is 8.54. The van der Waals surface area contributed by atoms with Crippen LogP contribution in [0.5, 0.6) is 11.8 Å². The van der Waals surface area contributed by atoms with Crippen molar-refractivity contribution in [3.05, 3.63) is 71.0 Å². The lowest BCUT2D eigenvalue weighted by molar-refractivity contribution is 0.0283. The van der Waals surface area contributed by atoms with E-state index < -0.39 is 0 Å². The highest BCUT2D eigenvalue weighted by molar-refractivity contribution is 5.22. The molecule has 3 aromatic rings. The van der Waals surface area contributed by atoms with E-state index >= 15 is 0 Å². The number of aryl methyl sites for hydroxylation is 2. The van der Waals surface area contributed by atoms with E-state index in [0.717, 1.165) is 22.5 Å². The van der Waals surface area contributed by atoms with Crippen molar-refractivity contribution in [1.82, 2.24) is 20.4 Å². The van der Waals surface area contributed by atoms with Gasteiger partial charge < -0.3 is 28.4 Å². The summed E-state index contributed by atoms with van der Waals surface area (Å²) < 4.78 is 33.4. The maximum Gasteiger partial charge on any atom is 0.233 e. The van der Waals surface area contributed by atoms with Gasteiger partial charge in [0, 0.05) is 12.1 Å². The fourth-order valence-corrected chi connectivity index (χ4v) is 2.97. The summed E-state index contributed by atoms with van der Waals surface area (Å²) in [6, 6.07) is 15.4. The van der Waals surface area contributed by atoms with Crippen LogP contribution < -0.4 is 9.47 Å². The normalized spacial score (nSPS) is 10.9. The van der Waals surface area contributed by atoms with Crippen LogP contribution in [0.2, 0.25) is 0 Å². The van der Waals surface area contributed by atoms with Crippen LogP contribution in [-0.2, 0) is 32.2 Å². The van der Waals surface area contributed by atoms with Gasteiger partial charge in [0.1, 0.15) is 13.2 Å². The first-order chi connectivity index (χ1) is 17.7. The second kappa shape index (κ2) is 16.5. The van der Waals surface area contributed by atoms with E-state index in [1.54, 1.807) is 12.1 Å². The van der Waals surface area contributed by atoms with Gasteiger partial charge in [-0.15, -0.1) is 10.2 Å². The van der Waals surface area contributed by atoms with Crippen LogP contribution in [0.4, 0.5) is 0 Å². The molecule has 0 atom stereocenters. The summed E-state index contributed by atoms with van der Waals surface area (Å²) in [5, 5.41) is 15.8. The standard InChI is InChI=1S/C26H34N4O6/c1-21-6-8-25(29-27-21)35-16-14-31-10-12-33-19-23-4-3-5-24(18-23)20-34-13-11-32-15-17-36-26-9-7-22(2)28-30-26/h3-9,18H,10-17,19-20H2,1-2H3. The number of hydrogen-bond acceptors (Lipinski definition) is 10. The summed E-state index contributed by atoms with van der Waals surface area (Å²) in [5.74, 6) is 0.993. The van der Waals surface area contributed by atoms with Crippen molar-refractivity contribution in [3.8, 4) is 11.8 Å². The molecule has 0 spiro atoms. The Morgan fingerprint density at radius 3 is 1.39 bits per heavy atom. The molecule has 194 valence electrons. The number of nitrogens with zero attached hydrogens (tertiary/aromatic N) is 4. The molecule has 0 amide bonds. The van der Waals surface area contributed by atoms with E-state index in [1.807, 2.05) is 44.2 Å². The fourth-order valence-electron chi connectivity index (χ4n) is 2.97. The molecule has 0 N–H and O–H groups in total. The van der Waals surface area contributed by atoms with Gasteiger partial charge in [-0.3, -0.25) is 0 Å². The Hall–Kier alpha value is -3.18. The van der Waals surface area contributed by atoms with Gasteiger partial charge in [-0.25, -0.2) is 0 Å². The second-order valence-corrected chi connectivity index (χ2v) is 7.87. The monoisotopic (exact) mass is 498 g/mol. The van der Waals surface area contributed by atoms with Crippen molar-refractivity contribution in [2.45, 2.75) is 27.1 Å². The van der Waals surface area contributed by atoms with Gasteiger partial charge in [-0.05, 0) is 37.1 Å². The first-order valence-corrected chi connectivity index (χ1v) is 11.9. The molecule has 0 aliphatic rings. The molecular formula is C26H34N4O6. The summed E-state index contributed by atoms with van der Waals surface area (Å²) in [6.07, 6.45) is 0. The van der Waals surface area contributed by atoms with Gasteiger partial charge in [-0.2, -0.15) is 10.2 Å². The summed E-state index contributed by atoms with van der Waals surface area (Å²) in [5.41, 5.74) is 3.88. The molecule has 0 bridgehead atoms. The zero-order valence-corrected chi connectivity index (χ0v) is 20.9. The summed E-state index contributed by atoms with van der Waals surface area (Å²) in [4.78, 5) is 0. The van der Waals surface area contributed by atoms with Crippen LogP contribution in [0.3, 0.4) is 0 Å². The van der Waals surface area contributed by atoms with Gasteiger partial charge in [0.15, 0.2) is 0 Å². The van der Waals surface area contributed by atoms with Crippen LogP contribution in [-0.4, -0.2) is 73.2 Å². The van der Waals surface area contributed by atoms with Gasteiger partial charge in [0.25, 0.3) is 0 Å². The van der Waals surface area contributed by atoms with Crippen LogP contribution in [0.25, 0.3) is 0 Å². The molecule has 0 saturated carbocycles. The highest BCUT2D eigenvalue weighted by Crippen LogP contribution is 2.08. The van der Waals surface area contributed by atoms with Crippen LogP contribution in [0.1, 0.15) is 22.5 Å². The average molecular weight is 499 g/mol. The maximum absolute atomic E-state index is 5.70. The van der Waals surface area contributed by atoms with Crippen LogP contribution >= 0.6 is 0 Å². The molecule has 0 radical (unpaired) electrons. The first kappa shape index (κ1) is 27.4. The van der Waals surface area contributed by atoms with E-state index in [4.69, 9.17) is 28.4 Å². The molecule has 3 rings (SSSR count). The van der Waals surface area contributed by atoms with Crippen molar-refractivity contribution in [2.75, 3.05) is 52.9 Å². The topological polar surface area (TPSA) is 107 Å². The minimum absolute atomic E-state index is 0.418. The average Bonchev–Trinajstić information content (AvgIpc) is 2.89. The predicted molar refractivity (Wildman–Crippen MR) is 132 cm³/mol. The van der Waals surface area contributed by atoms with Crippen molar-refractivity contribution in [2.24, 2.45) is 0 Å². The lowest BCUT2D eigenvalue weighted by Crippen LogP contribution is -2.12. The molecule has 0 fully saturated rings. The molecule has 2 heterocycles. The smallest absolute Gasteiger partial charge is 0.233 e. The molecule has 10 heteroatoms. The molecule has 36 heavy (non-hydrogen) atoms. The Bertz CT molecular complexity index is 912. The zero-order valence-electron chi connectivity index (χ0n) is 20.9. The van der Waals surface area contributed by atoms with Crippen molar-refractivity contribution in [1.29, 1.82) is 0 Å². The predicted octanol–water partition coefficient (Wildman–Crippen LogP) is 3.11. The lowest BCUT2D eigenvalue weighted by Gasteiger charge is -2.09. The second-order valence-electron chi connectivity index (χ2n) is 7.87. The van der Waals surface area contributed by atoms with E-state index in [2.05, 4.69) is 26.5 Å². The van der Waals surface area contributed by atoms with E-state index in [-0.39, 0.29) is 0 Å². The Morgan fingerprint density at radius 2 is 0.944 bits per heavy atom. The molecule has 0 aliphatic heterocycles. The molecule has 0 aliphatic carbocycles. The molecule has 0 saturated heterocycles. The largest absolute Gasteiger partial charge is 0.474 e. The number of aromatic nitrogens is 4. The molecule has 2 aromatic heterocycles. The van der Waals surface area contributed by atoms with Gasteiger partial charge in [-0.1, -0.05) is 24.3 Å². The molecular weight excluding hydrogens is 464 g/mol. The lowest BCUT2D eigenvalue weighted by atomic mass is 10.1. The van der Waals surface area contributed by atoms with Crippen LogP contribution in [0, 0.1) is 13.8 Å². The quantitative estimate of drug-likeness (QED) is 0.243. The Balaban J connectivity index is 1.15. The van der Waals surface area contributed by atoms with E-state index in [0.29, 0.717) is 77.8 Å². The first-order valence-electron chi connectivity index (χ1n) is 11.9. The highest BCUT2D eigenvalue weighted by atomic mass is 16.6. The Labute approximate surface area is 211 Å². The molecule has 10 nitrogen and oxygen atoms in total. The third-order valence-corrected chi connectivity index (χ3v) is 4.77. The fraction of sp³-hybridized carbons (Fsp3) is 0.462. The Morgan fingerprint density at radius 1 is 0.500 bits per heavy atom. The van der Waals surface area contributed by atoms with Gasteiger partial charge >= 0.3 is 0 Å². The molecule has 1 aromatic carbocycles. The van der Waals surface area contributed by atoms with Gasteiger partial charge in [0.05, 0.1) is 64.2 Å². The minimum Gasteiger partial charge on any atom is -0.474 e. The Kier molecular flexibility index (Phi) is 12.6. The number of ether oxygens (including phenoxy) is 6. The third kappa shape index (κ3) is 11.5. The minimum atomic E-state index is 0.418. The number of benzene rings is 1. The molecule has 0 unspecified atom stereocenters. The van der Waals surface area contributed by atoms with Crippen molar-refractivity contribution >= 4 is 0 Å². The van der Waals surface area contributed by atoms with E-state index in [1.165, 1.54) is 0 Å². The SMILES string of the molecule is Cc1ccc(OCCOCCOCc2cccc(COCCOCCOc3ccc(C)nn3)c2)nn1. The maximum atomic E-state index is 5.70. The zero-order chi connectivity index (χ0) is 25.3. The van der Waals surface area contributed by atoms with E-state index in [9.17, 15) is 0 Å². The summed E-state index contributed by atoms with van der Waals surface area (Å²) >= 11 is 0. The van der Waals surface area contributed by atoms with Gasteiger partial charge in [0.2, 0.25) is 11.8 Å². The number of hydrogen-bond donors (Lipinski definition) is 0.